The average Bonchev–Trinajstić information content (AvgIpc) is 2.43. The van der Waals surface area contributed by atoms with Crippen molar-refractivity contribution in [3.63, 3.8) is 0 Å². The van der Waals surface area contributed by atoms with E-state index in [9.17, 15) is 74.6 Å². The van der Waals surface area contributed by atoms with Crippen molar-refractivity contribution in [3.8, 4) is 0 Å². The molecule has 0 saturated heterocycles. The Morgan fingerprint density at radius 2 is 0.724 bits per heavy atom. The third-order valence-electron chi connectivity index (χ3n) is 3.41. The van der Waals surface area contributed by atoms with E-state index >= 15 is 0 Å². The van der Waals surface area contributed by atoms with E-state index in [1.807, 2.05) is 0 Å². The van der Waals surface area contributed by atoms with Crippen LogP contribution in [0.1, 0.15) is 19.3 Å². The molecule has 0 heterocycles. The normalized spacial score (nSPS) is 16.3. The van der Waals surface area contributed by atoms with E-state index in [-0.39, 0.29) is 0 Å². The summed E-state index contributed by atoms with van der Waals surface area (Å²) in [4.78, 5) is 0. The lowest BCUT2D eigenvalue weighted by Crippen LogP contribution is -2.74. The molecule has 29 heavy (non-hydrogen) atoms. The first-order chi connectivity index (χ1) is 12.2. The quantitative estimate of drug-likeness (QED) is 0.316. The molecule has 0 aromatic heterocycles. The summed E-state index contributed by atoms with van der Waals surface area (Å²) < 4.78 is 217. The fourth-order valence-corrected chi connectivity index (χ4v) is 1.70. The van der Waals surface area contributed by atoms with E-state index in [1.54, 1.807) is 0 Å². The zero-order chi connectivity index (χ0) is 24.1. The predicted molar refractivity (Wildman–Crippen MR) is 58.7 cm³/mol. The minimum atomic E-state index is -8.27. The van der Waals surface area contributed by atoms with Gasteiger partial charge in [0.2, 0.25) is 0 Å². The van der Waals surface area contributed by atoms with Gasteiger partial charge in [-0.15, -0.1) is 0 Å². The van der Waals surface area contributed by atoms with Crippen LogP contribution in [-0.2, 0) is 0 Å². The lowest BCUT2D eigenvalue weighted by molar-refractivity contribution is -0.441. The Bertz CT molecular complexity index is 569. The van der Waals surface area contributed by atoms with E-state index in [4.69, 9.17) is 0 Å². The summed E-state index contributed by atoms with van der Waals surface area (Å²) in [7, 11) is 0. The maximum absolute atomic E-state index is 13.3. The number of rotatable bonds is 9. The molecule has 0 spiro atoms. The maximum Gasteiger partial charge on any atom is 0.392 e. The largest absolute Gasteiger partial charge is 0.392 e. The van der Waals surface area contributed by atoms with Crippen LogP contribution in [-0.4, -0.2) is 47.8 Å². The topological polar surface area (TPSA) is 26.0 Å². The summed E-state index contributed by atoms with van der Waals surface area (Å²) in [5.41, 5.74) is 3.16. The molecule has 0 saturated carbocycles. The van der Waals surface area contributed by atoms with Crippen LogP contribution in [0.2, 0.25) is 0 Å². The maximum atomic E-state index is 13.3. The van der Waals surface area contributed by atoms with Crippen LogP contribution in [0.25, 0.3) is 0 Å². The van der Waals surface area contributed by atoms with Gasteiger partial charge in [-0.05, 0) is 6.42 Å². The average molecular weight is 477 g/mol. The Hall–Kier alpha value is -1.23. The summed E-state index contributed by atoms with van der Waals surface area (Å²) in [6.45, 7) is 0. The number of halogens is 17. The molecule has 176 valence electrons. The van der Waals surface area contributed by atoms with Crippen LogP contribution < -0.4 is 5.73 Å². The van der Waals surface area contributed by atoms with Crippen LogP contribution in [0.4, 0.5) is 74.6 Å². The molecule has 0 rings (SSSR count). The lowest BCUT2D eigenvalue weighted by atomic mass is 9.89. The van der Waals surface area contributed by atoms with Gasteiger partial charge in [-0.25, -0.2) is 0 Å². The summed E-state index contributed by atoms with van der Waals surface area (Å²) in [6.07, 6.45) is -12.7. The monoisotopic (exact) mass is 477 g/mol. The van der Waals surface area contributed by atoms with E-state index in [1.165, 1.54) is 0 Å². The molecule has 0 aromatic rings. The van der Waals surface area contributed by atoms with E-state index in [0.717, 1.165) is 0 Å². The summed E-state index contributed by atoms with van der Waals surface area (Å²) in [5.74, 6) is -46.5. The standard InChI is InChI=1S/C11H8F17N/c12-4(13,2-1-3-5(14,15)16)6(17,18)7(19,20)8(21,22)9(23,24)10(25,26)11(27,28)29/h1-3,29H2. The van der Waals surface area contributed by atoms with Gasteiger partial charge in [-0.1, -0.05) is 0 Å². The second kappa shape index (κ2) is 7.18. The summed E-state index contributed by atoms with van der Waals surface area (Å²) in [6, 6.07) is -6.71. The first-order valence-electron chi connectivity index (χ1n) is 6.71. The first-order valence-corrected chi connectivity index (χ1v) is 6.71. The van der Waals surface area contributed by atoms with Crippen molar-refractivity contribution in [2.45, 2.75) is 67.0 Å². The molecule has 0 amide bonds. The van der Waals surface area contributed by atoms with E-state index < -0.39 is 67.0 Å². The second-order valence-electron chi connectivity index (χ2n) is 5.67. The zero-order valence-corrected chi connectivity index (χ0v) is 13.1. The fourth-order valence-electron chi connectivity index (χ4n) is 1.70. The van der Waals surface area contributed by atoms with Gasteiger partial charge in [-0.2, -0.15) is 74.6 Å². The van der Waals surface area contributed by atoms with Crippen LogP contribution in [0.15, 0.2) is 0 Å². The Labute approximate surface area is 149 Å². The molecule has 0 fully saturated rings. The second-order valence-corrected chi connectivity index (χ2v) is 5.67. The highest BCUT2D eigenvalue weighted by Crippen LogP contribution is 2.62. The molecule has 0 unspecified atom stereocenters. The highest BCUT2D eigenvalue weighted by Gasteiger charge is 2.92. The summed E-state index contributed by atoms with van der Waals surface area (Å²) in [5, 5.41) is 0. The van der Waals surface area contributed by atoms with Crippen molar-refractivity contribution in [2.24, 2.45) is 5.73 Å². The smallest absolute Gasteiger partial charge is 0.267 e. The van der Waals surface area contributed by atoms with Crippen molar-refractivity contribution in [1.82, 2.24) is 0 Å². The van der Waals surface area contributed by atoms with Gasteiger partial charge in [-0.3, -0.25) is 5.73 Å². The van der Waals surface area contributed by atoms with Crippen molar-refractivity contribution in [2.75, 3.05) is 0 Å². The van der Waals surface area contributed by atoms with Crippen molar-refractivity contribution < 1.29 is 74.6 Å². The molecule has 1 nitrogen and oxygen atoms in total. The van der Waals surface area contributed by atoms with Crippen molar-refractivity contribution in [1.29, 1.82) is 0 Å². The van der Waals surface area contributed by atoms with Crippen molar-refractivity contribution in [3.05, 3.63) is 0 Å². The van der Waals surface area contributed by atoms with Gasteiger partial charge in [0.25, 0.3) is 0 Å². The van der Waals surface area contributed by atoms with Crippen LogP contribution in [0, 0.1) is 0 Å². The summed E-state index contributed by atoms with van der Waals surface area (Å²) >= 11 is 0. The van der Waals surface area contributed by atoms with E-state index in [2.05, 4.69) is 5.73 Å². The Morgan fingerprint density at radius 1 is 0.414 bits per heavy atom. The van der Waals surface area contributed by atoms with E-state index in [0.29, 0.717) is 0 Å². The minimum Gasteiger partial charge on any atom is -0.267 e. The van der Waals surface area contributed by atoms with Crippen LogP contribution >= 0.6 is 0 Å². The Morgan fingerprint density at radius 3 is 1.03 bits per heavy atom. The highest BCUT2D eigenvalue weighted by atomic mass is 19.4. The third-order valence-corrected chi connectivity index (χ3v) is 3.41. The Balaban J connectivity index is 6.16. The SMILES string of the molecule is NC(F)(F)C(F)(F)C(F)(F)C(F)(F)C(F)(F)C(F)(F)C(F)(F)CCCC(F)(F)F. The van der Waals surface area contributed by atoms with Crippen LogP contribution in [0.3, 0.4) is 0 Å². The number of hydrogen-bond donors (Lipinski definition) is 1. The molecule has 0 aromatic carbocycles. The number of nitrogens with two attached hydrogens (primary N) is 1. The molecule has 0 aliphatic carbocycles. The first kappa shape index (κ1) is 27.8. The van der Waals surface area contributed by atoms with Gasteiger partial charge in [0.1, 0.15) is 0 Å². The Kier molecular flexibility index (Phi) is 6.87. The molecule has 0 aliphatic heterocycles. The molecule has 0 atom stereocenters. The fraction of sp³-hybridized carbons (Fsp3) is 1.00. The third kappa shape index (κ3) is 4.45. The molecule has 2 N–H and O–H groups in total. The molecule has 18 heteroatoms. The minimum absolute atomic E-state index is 2.10. The molecule has 0 radical (unpaired) electrons. The predicted octanol–water partition coefficient (Wildman–Crippen LogP) is 6.08. The molecular formula is C11H8F17N. The van der Waals surface area contributed by atoms with Gasteiger partial charge in [0.15, 0.2) is 0 Å². The molecule has 0 aliphatic rings. The number of hydrogen-bond acceptors (Lipinski definition) is 1. The molecular weight excluding hydrogens is 469 g/mol. The highest BCUT2D eigenvalue weighted by molar-refractivity contribution is 5.13. The number of alkyl halides is 17. The van der Waals surface area contributed by atoms with Crippen LogP contribution in [0.5, 0.6) is 0 Å². The van der Waals surface area contributed by atoms with Crippen molar-refractivity contribution >= 4 is 0 Å². The zero-order valence-electron chi connectivity index (χ0n) is 13.1. The van der Waals surface area contributed by atoms with Gasteiger partial charge in [0.05, 0.1) is 0 Å². The van der Waals surface area contributed by atoms with Gasteiger partial charge >= 0.3 is 47.8 Å². The van der Waals surface area contributed by atoms with Gasteiger partial charge < -0.3 is 0 Å². The lowest BCUT2D eigenvalue weighted by Gasteiger charge is -2.42. The molecule has 0 bridgehead atoms. The van der Waals surface area contributed by atoms with Gasteiger partial charge in [0, 0.05) is 12.8 Å².